The summed E-state index contributed by atoms with van der Waals surface area (Å²) in [6.45, 7) is 4.29. The van der Waals surface area contributed by atoms with Gasteiger partial charge >= 0.3 is 0 Å². The van der Waals surface area contributed by atoms with E-state index in [4.69, 9.17) is 11.6 Å². The predicted molar refractivity (Wildman–Crippen MR) is 80.7 cm³/mol. The first kappa shape index (κ1) is 15.8. The summed E-state index contributed by atoms with van der Waals surface area (Å²) in [4.78, 5) is 30.2. The van der Waals surface area contributed by atoms with Crippen LogP contribution in [-0.2, 0) is 16.1 Å². The Morgan fingerprint density at radius 1 is 1.48 bits per heavy atom. The summed E-state index contributed by atoms with van der Waals surface area (Å²) in [7, 11) is 0. The van der Waals surface area contributed by atoms with Crippen LogP contribution in [0.3, 0.4) is 0 Å². The highest BCUT2D eigenvalue weighted by Gasteiger charge is 2.33. The number of carbonyl (C=O) groups is 2. The van der Waals surface area contributed by atoms with Gasteiger partial charge in [0.05, 0.1) is 5.02 Å². The molecule has 0 radical (unpaired) electrons. The van der Waals surface area contributed by atoms with Gasteiger partial charge in [0.2, 0.25) is 11.8 Å². The zero-order chi connectivity index (χ0) is 15.4. The Hall–Kier alpha value is -1.62. The number of carbonyl (C=O) groups excluding carboxylic acids is 2. The summed E-state index contributed by atoms with van der Waals surface area (Å²) in [6, 6.07) is 1.22. The lowest BCUT2D eigenvalue weighted by Crippen LogP contribution is -2.45. The van der Waals surface area contributed by atoms with E-state index in [1.807, 2.05) is 13.8 Å². The minimum absolute atomic E-state index is 0.0388. The van der Waals surface area contributed by atoms with Crippen molar-refractivity contribution in [3.63, 3.8) is 0 Å². The quantitative estimate of drug-likeness (QED) is 0.927. The van der Waals surface area contributed by atoms with Gasteiger partial charge in [0, 0.05) is 31.4 Å². The maximum Gasteiger partial charge on any atom is 0.245 e. The number of rotatable bonds is 4. The number of hydrogen-bond donors (Lipinski definition) is 1. The molecule has 2 unspecified atom stereocenters. The third-order valence-electron chi connectivity index (χ3n) is 3.70. The fraction of sp³-hybridized carbons (Fsp3) is 0.533. The van der Waals surface area contributed by atoms with Crippen molar-refractivity contribution < 1.29 is 9.59 Å². The lowest BCUT2D eigenvalue weighted by Gasteiger charge is -2.29. The number of amides is 2. The first-order valence-corrected chi connectivity index (χ1v) is 7.59. The monoisotopic (exact) mass is 309 g/mol. The Morgan fingerprint density at radius 2 is 2.24 bits per heavy atom. The summed E-state index contributed by atoms with van der Waals surface area (Å²) < 4.78 is 0. The van der Waals surface area contributed by atoms with Crippen molar-refractivity contribution in [3.8, 4) is 0 Å². The van der Waals surface area contributed by atoms with Gasteiger partial charge in [0.15, 0.2) is 0 Å². The van der Waals surface area contributed by atoms with E-state index in [0.29, 0.717) is 24.4 Å². The number of nitrogens with one attached hydrogen (secondary N) is 1. The van der Waals surface area contributed by atoms with Crippen LogP contribution in [0.2, 0.25) is 5.02 Å². The van der Waals surface area contributed by atoms with Crippen LogP contribution in [0, 0.1) is 0 Å². The van der Waals surface area contributed by atoms with Crippen LogP contribution in [-0.4, -0.2) is 33.8 Å². The number of nitrogens with zero attached hydrogens (tertiary/aromatic N) is 2. The molecule has 1 aliphatic rings. The average molecular weight is 310 g/mol. The van der Waals surface area contributed by atoms with Crippen molar-refractivity contribution in [1.82, 2.24) is 15.2 Å². The van der Waals surface area contributed by atoms with E-state index in [1.165, 1.54) is 0 Å². The molecule has 2 rings (SSSR count). The van der Waals surface area contributed by atoms with Crippen LogP contribution in [0.1, 0.15) is 38.7 Å². The van der Waals surface area contributed by atoms with E-state index in [9.17, 15) is 9.59 Å². The van der Waals surface area contributed by atoms with Gasteiger partial charge in [-0.25, -0.2) is 0 Å². The van der Waals surface area contributed by atoms with Crippen LogP contribution in [0.5, 0.6) is 0 Å². The van der Waals surface area contributed by atoms with Crippen molar-refractivity contribution in [2.45, 2.75) is 51.7 Å². The first-order chi connectivity index (χ1) is 10.0. The molecule has 114 valence electrons. The molecule has 1 fully saturated rings. The lowest BCUT2D eigenvalue weighted by molar-refractivity contribution is -0.135. The van der Waals surface area contributed by atoms with E-state index in [1.54, 1.807) is 23.4 Å². The molecular formula is C15H20ClN3O2. The molecule has 21 heavy (non-hydrogen) atoms. The molecule has 1 aromatic rings. The summed E-state index contributed by atoms with van der Waals surface area (Å²) in [5.74, 6) is -0.110. The highest BCUT2D eigenvalue weighted by Crippen LogP contribution is 2.21. The van der Waals surface area contributed by atoms with Crippen molar-refractivity contribution in [2.75, 3.05) is 0 Å². The van der Waals surface area contributed by atoms with Crippen LogP contribution >= 0.6 is 11.6 Å². The molecular weight excluding hydrogens is 290 g/mol. The van der Waals surface area contributed by atoms with E-state index < -0.39 is 6.04 Å². The second-order valence-corrected chi connectivity index (χ2v) is 5.80. The summed E-state index contributed by atoms with van der Waals surface area (Å²) in [5.41, 5.74) is 0.844. The van der Waals surface area contributed by atoms with Crippen LogP contribution in [0.25, 0.3) is 0 Å². The number of pyridine rings is 1. The Balaban J connectivity index is 2.24. The Bertz CT molecular complexity index is 535. The molecule has 0 saturated carbocycles. The summed E-state index contributed by atoms with van der Waals surface area (Å²) in [5, 5.41) is 3.35. The largest absolute Gasteiger partial charge is 0.344 e. The standard InChI is InChI=1S/C15H20ClN3O2/c1-3-4-13-15(21)19(10(2)7-14(20)18-13)9-11-5-6-17-8-12(11)16/h5-6,8,10,13H,3-4,7,9H2,1-2H3,(H,18,20). The normalized spacial score (nSPS) is 22.9. The van der Waals surface area contributed by atoms with Crippen LogP contribution in [0.15, 0.2) is 18.5 Å². The second-order valence-electron chi connectivity index (χ2n) is 5.40. The molecule has 1 aromatic heterocycles. The third-order valence-corrected chi connectivity index (χ3v) is 4.04. The van der Waals surface area contributed by atoms with Gasteiger partial charge in [0.25, 0.3) is 0 Å². The number of aromatic nitrogens is 1. The van der Waals surface area contributed by atoms with Gasteiger partial charge in [-0.1, -0.05) is 24.9 Å². The molecule has 2 atom stereocenters. The zero-order valence-electron chi connectivity index (χ0n) is 12.3. The van der Waals surface area contributed by atoms with Crippen LogP contribution < -0.4 is 5.32 Å². The van der Waals surface area contributed by atoms with E-state index in [0.717, 1.165) is 12.0 Å². The molecule has 2 amide bonds. The molecule has 5 nitrogen and oxygen atoms in total. The fourth-order valence-electron chi connectivity index (χ4n) is 2.54. The maximum absolute atomic E-state index is 12.7. The Morgan fingerprint density at radius 3 is 2.90 bits per heavy atom. The molecule has 1 saturated heterocycles. The van der Waals surface area contributed by atoms with Gasteiger partial charge in [-0.15, -0.1) is 0 Å². The summed E-state index contributed by atoms with van der Waals surface area (Å²) in [6.07, 6.45) is 5.03. The molecule has 2 heterocycles. The van der Waals surface area contributed by atoms with Gasteiger partial charge in [-0.2, -0.15) is 0 Å². The van der Waals surface area contributed by atoms with E-state index >= 15 is 0 Å². The molecule has 6 heteroatoms. The molecule has 0 aromatic carbocycles. The van der Waals surface area contributed by atoms with Gasteiger partial charge < -0.3 is 10.2 Å². The molecule has 1 aliphatic heterocycles. The fourth-order valence-corrected chi connectivity index (χ4v) is 2.72. The smallest absolute Gasteiger partial charge is 0.245 e. The second kappa shape index (κ2) is 6.89. The topological polar surface area (TPSA) is 62.3 Å². The van der Waals surface area contributed by atoms with Crippen molar-refractivity contribution in [2.24, 2.45) is 0 Å². The number of hydrogen-bond acceptors (Lipinski definition) is 3. The molecule has 0 aliphatic carbocycles. The van der Waals surface area contributed by atoms with Gasteiger partial charge in [-0.05, 0) is 25.0 Å². The molecule has 0 spiro atoms. The average Bonchev–Trinajstić information content (AvgIpc) is 2.53. The highest BCUT2D eigenvalue weighted by atomic mass is 35.5. The van der Waals surface area contributed by atoms with Crippen LogP contribution in [0.4, 0.5) is 0 Å². The van der Waals surface area contributed by atoms with E-state index in [-0.39, 0.29) is 17.9 Å². The molecule has 0 bridgehead atoms. The zero-order valence-corrected chi connectivity index (χ0v) is 13.1. The maximum atomic E-state index is 12.7. The summed E-state index contributed by atoms with van der Waals surface area (Å²) >= 11 is 6.12. The van der Waals surface area contributed by atoms with Gasteiger partial charge in [0.1, 0.15) is 6.04 Å². The first-order valence-electron chi connectivity index (χ1n) is 7.21. The predicted octanol–water partition coefficient (Wildman–Crippen LogP) is 2.14. The minimum atomic E-state index is -0.437. The molecule has 1 N–H and O–H groups in total. The Kier molecular flexibility index (Phi) is 5.17. The van der Waals surface area contributed by atoms with Crippen molar-refractivity contribution in [3.05, 3.63) is 29.0 Å². The Labute approximate surface area is 129 Å². The van der Waals surface area contributed by atoms with Gasteiger partial charge in [-0.3, -0.25) is 14.6 Å². The third kappa shape index (κ3) is 3.73. The lowest BCUT2D eigenvalue weighted by atomic mass is 10.1. The van der Waals surface area contributed by atoms with Crippen molar-refractivity contribution >= 4 is 23.4 Å². The number of halogens is 1. The SMILES string of the molecule is CCCC1NC(=O)CC(C)N(Cc2ccncc2Cl)C1=O. The van der Waals surface area contributed by atoms with E-state index in [2.05, 4.69) is 10.3 Å². The van der Waals surface area contributed by atoms with Crippen molar-refractivity contribution in [1.29, 1.82) is 0 Å². The minimum Gasteiger partial charge on any atom is -0.344 e. The highest BCUT2D eigenvalue weighted by molar-refractivity contribution is 6.31.